The molecule has 0 aliphatic carbocycles. The summed E-state index contributed by atoms with van der Waals surface area (Å²) in [5, 5.41) is 0. The summed E-state index contributed by atoms with van der Waals surface area (Å²) >= 11 is 0. The number of hydrogen-bond acceptors (Lipinski definition) is 2. The van der Waals surface area contributed by atoms with Gasteiger partial charge in [0.1, 0.15) is 0 Å². The number of benzene rings is 1. The number of nitrogens with zero attached hydrogens (tertiary/aromatic N) is 1. The Labute approximate surface area is 112 Å². The molecule has 0 bridgehead atoms. The van der Waals surface area contributed by atoms with Crippen LogP contribution in [0.3, 0.4) is 0 Å². The molecule has 1 aromatic rings. The third kappa shape index (κ3) is 4.43. The molecule has 102 valence electrons. The molecule has 0 radical (unpaired) electrons. The predicted molar refractivity (Wildman–Crippen MR) is 79.6 cm³/mol. The van der Waals surface area contributed by atoms with Crippen LogP contribution < -0.4 is 5.73 Å². The number of likely N-dealkylation sites (N-methyl/N-ethyl adjacent to an activating group) is 1. The lowest BCUT2D eigenvalue weighted by molar-refractivity contribution is 0.191. The third-order valence-corrected chi connectivity index (χ3v) is 3.62. The molecule has 2 atom stereocenters. The van der Waals surface area contributed by atoms with E-state index in [2.05, 4.69) is 57.0 Å². The second-order valence-corrected chi connectivity index (χ2v) is 5.33. The second-order valence-electron chi connectivity index (χ2n) is 5.33. The first-order valence-electron chi connectivity index (χ1n) is 7.09. The molecule has 0 saturated heterocycles. The SMILES string of the molecule is CCCC(N)C(CC)N(C)Cc1cccc(C)c1. The van der Waals surface area contributed by atoms with Gasteiger partial charge in [-0.3, -0.25) is 4.90 Å². The summed E-state index contributed by atoms with van der Waals surface area (Å²) in [7, 11) is 2.19. The van der Waals surface area contributed by atoms with E-state index in [1.807, 2.05) is 0 Å². The van der Waals surface area contributed by atoms with E-state index in [9.17, 15) is 0 Å². The third-order valence-electron chi connectivity index (χ3n) is 3.62. The summed E-state index contributed by atoms with van der Waals surface area (Å²) in [6.45, 7) is 7.56. The zero-order valence-electron chi connectivity index (χ0n) is 12.3. The van der Waals surface area contributed by atoms with Crippen molar-refractivity contribution < 1.29 is 0 Å². The number of aryl methyl sites for hydroxylation is 1. The standard InChI is InChI=1S/C16H28N2/c1-5-8-15(17)16(6-2)18(4)12-14-10-7-9-13(3)11-14/h7,9-11,15-16H,5-6,8,12,17H2,1-4H3. The van der Waals surface area contributed by atoms with Gasteiger partial charge in [-0.15, -0.1) is 0 Å². The average Bonchev–Trinajstić information content (AvgIpc) is 2.30. The fraction of sp³-hybridized carbons (Fsp3) is 0.625. The van der Waals surface area contributed by atoms with Crippen molar-refractivity contribution in [3.63, 3.8) is 0 Å². The molecule has 0 amide bonds. The van der Waals surface area contributed by atoms with Crippen LogP contribution in [0.5, 0.6) is 0 Å². The van der Waals surface area contributed by atoms with E-state index in [0.29, 0.717) is 6.04 Å². The molecule has 2 unspecified atom stereocenters. The van der Waals surface area contributed by atoms with Gasteiger partial charge >= 0.3 is 0 Å². The van der Waals surface area contributed by atoms with E-state index in [0.717, 1.165) is 25.8 Å². The maximum absolute atomic E-state index is 6.28. The zero-order valence-corrected chi connectivity index (χ0v) is 12.3. The van der Waals surface area contributed by atoms with Gasteiger partial charge in [-0.05, 0) is 32.4 Å². The molecular weight excluding hydrogens is 220 g/mol. The summed E-state index contributed by atoms with van der Waals surface area (Å²) in [6, 6.07) is 9.49. The first-order chi connectivity index (χ1) is 8.58. The minimum absolute atomic E-state index is 0.287. The zero-order chi connectivity index (χ0) is 13.5. The van der Waals surface area contributed by atoms with Gasteiger partial charge in [-0.25, -0.2) is 0 Å². The molecule has 2 N–H and O–H groups in total. The van der Waals surface area contributed by atoms with Crippen molar-refractivity contribution in [3.05, 3.63) is 35.4 Å². The first kappa shape index (κ1) is 15.2. The van der Waals surface area contributed by atoms with E-state index in [1.165, 1.54) is 11.1 Å². The topological polar surface area (TPSA) is 29.3 Å². The summed E-state index contributed by atoms with van der Waals surface area (Å²) in [6.07, 6.45) is 3.39. The van der Waals surface area contributed by atoms with Gasteiger partial charge in [0.2, 0.25) is 0 Å². The number of rotatable bonds is 7. The Bertz CT molecular complexity index is 349. The highest BCUT2D eigenvalue weighted by Crippen LogP contribution is 2.14. The van der Waals surface area contributed by atoms with Gasteiger partial charge in [0.05, 0.1) is 0 Å². The van der Waals surface area contributed by atoms with Gasteiger partial charge in [-0.2, -0.15) is 0 Å². The Morgan fingerprint density at radius 3 is 2.56 bits per heavy atom. The van der Waals surface area contributed by atoms with E-state index in [4.69, 9.17) is 5.73 Å². The summed E-state index contributed by atoms with van der Waals surface area (Å²) in [5.41, 5.74) is 8.98. The second kappa shape index (κ2) is 7.55. The van der Waals surface area contributed by atoms with E-state index in [1.54, 1.807) is 0 Å². The van der Waals surface area contributed by atoms with Crippen LogP contribution in [-0.2, 0) is 6.54 Å². The fourth-order valence-corrected chi connectivity index (χ4v) is 2.68. The Kier molecular flexibility index (Phi) is 6.37. The normalized spacial score (nSPS) is 14.8. The molecule has 0 saturated carbocycles. The Morgan fingerprint density at radius 1 is 1.28 bits per heavy atom. The molecule has 1 aromatic carbocycles. The van der Waals surface area contributed by atoms with Gasteiger partial charge in [-0.1, -0.05) is 50.1 Å². The van der Waals surface area contributed by atoms with Crippen LogP contribution in [0, 0.1) is 6.92 Å². The first-order valence-corrected chi connectivity index (χ1v) is 7.09. The van der Waals surface area contributed by atoms with Gasteiger partial charge in [0.25, 0.3) is 0 Å². The monoisotopic (exact) mass is 248 g/mol. The number of hydrogen-bond donors (Lipinski definition) is 1. The highest BCUT2D eigenvalue weighted by atomic mass is 15.1. The Morgan fingerprint density at radius 2 is 2.00 bits per heavy atom. The van der Waals surface area contributed by atoms with Gasteiger partial charge in [0, 0.05) is 18.6 Å². The Balaban J connectivity index is 2.64. The van der Waals surface area contributed by atoms with Crippen LogP contribution in [0.1, 0.15) is 44.2 Å². The van der Waals surface area contributed by atoms with Crippen molar-refractivity contribution in [1.29, 1.82) is 0 Å². The molecule has 0 fully saturated rings. The maximum atomic E-state index is 6.28. The van der Waals surface area contributed by atoms with Gasteiger partial charge in [0.15, 0.2) is 0 Å². The maximum Gasteiger partial charge on any atom is 0.0245 e. The number of nitrogens with two attached hydrogens (primary N) is 1. The molecule has 2 heteroatoms. The van der Waals surface area contributed by atoms with Crippen molar-refractivity contribution in [1.82, 2.24) is 4.90 Å². The van der Waals surface area contributed by atoms with E-state index >= 15 is 0 Å². The average molecular weight is 248 g/mol. The Hall–Kier alpha value is -0.860. The van der Waals surface area contributed by atoms with E-state index < -0.39 is 0 Å². The molecule has 18 heavy (non-hydrogen) atoms. The van der Waals surface area contributed by atoms with Crippen molar-refractivity contribution in [2.75, 3.05) is 7.05 Å². The molecule has 1 rings (SSSR count). The molecule has 2 nitrogen and oxygen atoms in total. The van der Waals surface area contributed by atoms with Crippen LogP contribution in [0.2, 0.25) is 0 Å². The minimum Gasteiger partial charge on any atom is -0.326 e. The lowest BCUT2D eigenvalue weighted by atomic mass is 10.00. The largest absolute Gasteiger partial charge is 0.326 e. The van der Waals surface area contributed by atoms with Crippen LogP contribution in [0.15, 0.2) is 24.3 Å². The van der Waals surface area contributed by atoms with Crippen molar-refractivity contribution >= 4 is 0 Å². The fourth-order valence-electron chi connectivity index (χ4n) is 2.68. The highest BCUT2D eigenvalue weighted by molar-refractivity contribution is 5.22. The molecule has 0 aromatic heterocycles. The van der Waals surface area contributed by atoms with Crippen LogP contribution in [0.4, 0.5) is 0 Å². The van der Waals surface area contributed by atoms with Crippen molar-refractivity contribution in [2.24, 2.45) is 5.73 Å². The lowest BCUT2D eigenvalue weighted by Gasteiger charge is -2.32. The molecule has 0 spiro atoms. The van der Waals surface area contributed by atoms with Gasteiger partial charge < -0.3 is 5.73 Å². The highest BCUT2D eigenvalue weighted by Gasteiger charge is 2.19. The lowest BCUT2D eigenvalue weighted by Crippen LogP contribution is -2.45. The van der Waals surface area contributed by atoms with Crippen molar-refractivity contribution in [3.8, 4) is 0 Å². The summed E-state index contributed by atoms with van der Waals surface area (Å²) in [4.78, 5) is 2.40. The van der Waals surface area contributed by atoms with Crippen LogP contribution >= 0.6 is 0 Å². The van der Waals surface area contributed by atoms with Crippen LogP contribution in [-0.4, -0.2) is 24.0 Å². The summed E-state index contributed by atoms with van der Waals surface area (Å²) < 4.78 is 0. The van der Waals surface area contributed by atoms with Crippen molar-refractivity contribution in [2.45, 2.75) is 58.7 Å². The molecular formula is C16H28N2. The predicted octanol–water partition coefficient (Wildman–Crippen LogP) is 3.33. The van der Waals surface area contributed by atoms with E-state index in [-0.39, 0.29) is 6.04 Å². The molecule has 0 aliphatic rings. The molecule has 0 aliphatic heterocycles. The quantitative estimate of drug-likeness (QED) is 0.802. The smallest absolute Gasteiger partial charge is 0.0245 e. The summed E-state index contributed by atoms with van der Waals surface area (Å²) in [5.74, 6) is 0. The minimum atomic E-state index is 0.287. The van der Waals surface area contributed by atoms with Crippen LogP contribution in [0.25, 0.3) is 0 Å². The molecule has 0 heterocycles.